The molecule has 0 fully saturated rings. The fraction of sp³-hybridized carbons (Fsp3) is 0.333. The van der Waals surface area contributed by atoms with Crippen LogP contribution in [-0.2, 0) is 4.74 Å². The number of hydrogen-bond donors (Lipinski definition) is 2. The van der Waals surface area contributed by atoms with E-state index in [9.17, 15) is 10.1 Å². The molecule has 0 saturated carbocycles. The maximum absolute atomic E-state index is 11.4. The van der Waals surface area contributed by atoms with E-state index in [1.54, 1.807) is 19.2 Å². The van der Waals surface area contributed by atoms with Crippen molar-refractivity contribution in [3.05, 3.63) is 45.2 Å². The van der Waals surface area contributed by atoms with Crippen LogP contribution in [-0.4, -0.2) is 35.2 Å². The molecule has 0 unspecified atom stereocenters. The predicted octanol–water partition coefficient (Wildman–Crippen LogP) is 3.54. The van der Waals surface area contributed by atoms with Crippen molar-refractivity contribution in [2.24, 2.45) is 0 Å². The van der Waals surface area contributed by atoms with Gasteiger partial charge in [-0.3, -0.25) is 10.1 Å². The largest absolute Gasteiger partial charge is 0.385 e. The molecular formula is C15H18ClN5O3. The van der Waals surface area contributed by atoms with E-state index in [2.05, 4.69) is 20.6 Å². The lowest BCUT2D eigenvalue weighted by Crippen LogP contribution is -2.10. The summed E-state index contributed by atoms with van der Waals surface area (Å²) in [5, 5.41) is 17.9. The van der Waals surface area contributed by atoms with Crippen LogP contribution in [0.5, 0.6) is 0 Å². The van der Waals surface area contributed by atoms with Crippen molar-refractivity contribution in [1.82, 2.24) is 9.97 Å². The van der Waals surface area contributed by atoms with Gasteiger partial charge < -0.3 is 15.4 Å². The Kier molecular flexibility index (Phi) is 6.28. The Hall–Kier alpha value is -2.45. The standard InChI is InChI=1S/C15H18ClN5O3/c1-10-4-5-11(8-12(10)16)20-15-13(21(22)23)14(18-9-19-15)17-6-3-7-24-2/h4-5,8-9H,3,6-7H2,1-2H3,(H2,17,18,19,20). The van der Waals surface area contributed by atoms with Gasteiger partial charge in [0.1, 0.15) is 6.33 Å². The quantitative estimate of drug-likeness (QED) is 0.426. The molecule has 0 bridgehead atoms. The topological polar surface area (TPSA) is 102 Å². The first kappa shape index (κ1) is 17.9. The van der Waals surface area contributed by atoms with Crippen molar-refractivity contribution in [1.29, 1.82) is 0 Å². The van der Waals surface area contributed by atoms with Gasteiger partial charge in [0, 0.05) is 31.0 Å². The number of aromatic nitrogens is 2. The van der Waals surface area contributed by atoms with Gasteiger partial charge in [-0.15, -0.1) is 0 Å². The maximum Gasteiger partial charge on any atom is 0.353 e. The molecule has 2 N–H and O–H groups in total. The molecule has 1 aromatic heterocycles. The molecule has 0 amide bonds. The van der Waals surface area contributed by atoms with Crippen molar-refractivity contribution in [3.63, 3.8) is 0 Å². The first-order valence-electron chi connectivity index (χ1n) is 7.28. The average Bonchev–Trinajstić information content (AvgIpc) is 2.55. The molecule has 0 radical (unpaired) electrons. The number of rotatable bonds is 8. The normalized spacial score (nSPS) is 10.5. The van der Waals surface area contributed by atoms with Crippen LogP contribution >= 0.6 is 11.6 Å². The van der Waals surface area contributed by atoms with E-state index in [0.29, 0.717) is 30.3 Å². The molecule has 9 heteroatoms. The number of hydrogen-bond acceptors (Lipinski definition) is 7. The average molecular weight is 352 g/mol. The zero-order valence-corrected chi connectivity index (χ0v) is 14.1. The highest BCUT2D eigenvalue weighted by atomic mass is 35.5. The fourth-order valence-electron chi connectivity index (χ4n) is 2.00. The third kappa shape index (κ3) is 4.53. The number of methoxy groups -OCH3 is 1. The lowest BCUT2D eigenvalue weighted by molar-refractivity contribution is -0.383. The molecule has 1 heterocycles. The fourth-order valence-corrected chi connectivity index (χ4v) is 2.18. The first-order chi connectivity index (χ1) is 11.5. The highest BCUT2D eigenvalue weighted by Gasteiger charge is 2.23. The van der Waals surface area contributed by atoms with Gasteiger partial charge in [-0.1, -0.05) is 17.7 Å². The van der Waals surface area contributed by atoms with Gasteiger partial charge >= 0.3 is 5.69 Å². The lowest BCUT2D eigenvalue weighted by atomic mass is 10.2. The number of ether oxygens (including phenoxy) is 1. The van der Waals surface area contributed by atoms with Crippen molar-refractivity contribution < 1.29 is 9.66 Å². The molecule has 24 heavy (non-hydrogen) atoms. The summed E-state index contributed by atoms with van der Waals surface area (Å²) in [5.74, 6) is 0.260. The van der Waals surface area contributed by atoms with Crippen molar-refractivity contribution in [2.75, 3.05) is 30.9 Å². The molecule has 0 atom stereocenters. The molecule has 0 spiro atoms. The molecule has 0 saturated heterocycles. The van der Waals surface area contributed by atoms with E-state index in [0.717, 1.165) is 5.56 Å². The number of aryl methyl sites for hydroxylation is 1. The highest BCUT2D eigenvalue weighted by molar-refractivity contribution is 6.31. The lowest BCUT2D eigenvalue weighted by Gasteiger charge is -2.10. The summed E-state index contributed by atoms with van der Waals surface area (Å²) < 4.78 is 4.95. The SMILES string of the molecule is COCCCNc1ncnc(Nc2ccc(C)c(Cl)c2)c1[N+](=O)[O-]. The van der Waals surface area contributed by atoms with Crippen LogP contribution in [0.25, 0.3) is 0 Å². The van der Waals surface area contributed by atoms with E-state index in [1.807, 2.05) is 13.0 Å². The number of anilines is 3. The van der Waals surface area contributed by atoms with Crippen molar-refractivity contribution in [3.8, 4) is 0 Å². The Balaban J connectivity index is 2.25. The van der Waals surface area contributed by atoms with E-state index in [4.69, 9.17) is 16.3 Å². The van der Waals surface area contributed by atoms with Crippen LogP contribution in [0.3, 0.4) is 0 Å². The van der Waals surface area contributed by atoms with Gasteiger partial charge in [0.05, 0.1) is 4.92 Å². The number of benzene rings is 1. The van der Waals surface area contributed by atoms with E-state index >= 15 is 0 Å². The number of halogens is 1. The smallest absolute Gasteiger partial charge is 0.353 e. The highest BCUT2D eigenvalue weighted by Crippen LogP contribution is 2.32. The monoisotopic (exact) mass is 351 g/mol. The Morgan fingerprint density at radius 1 is 1.33 bits per heavy atom. The number of nitro groups is 1. The first-order valence-corrected chi connectivity index (χ1v) is 7.66. The molecule has 2 rings (SSSR count). The third-order valence-corrected chi connectivity index (χ3v) is 3.66. The second kappa shape index (κ2) is 8.42. The zero-order valence-electron chi connectivity index (χ0n) is 13.4. The predicted molar refractivity (Wildman–Crippen MR) is 93.1 cm³/mol. The van der Waals surface area contributed by atoms with Crippen LogP contribution in [0.4, 0.5) is 23.0 Å². The maximum atomic E-state index is 11.4. The molecule has 1 aromatic carbocycles. The summed E-state index contributed by atoms with van der Waals surface area (Å²) >= 11 is 6.08. The second-order valence-electron chi connectivity index (χ2n) is 5.04. The Labute approximate surface area is 144 Å². The summed E-state index contributed by atoms with van der Waals surface area (Å²) in [6, 6.07) is 5.29. The summed E-state index contributed by atoms with van der Waals surface area (Å²) in [7, 11) is 1.60. The van der Waals surface area contributed by atoms with Crippen LogP contribution in [0, 0.1) is 17.0 Å². The minimum absolute atomic E-state index is 0.101. The molecular weight excluding hydrogens is 334 g/mol. The van der Waals surface area contributed by atoms with Gasteiger partial charge in [0.15, 0.2) is 0 Å². The molecule has 0 aliphatic carbocycles. The van der Waals surface area contributed by atoms with Crippen LogP contribution in [0.1, 0.15) is 12.0 Å². The molecule has 0 aliphatic rings. The Morgan fingerprint density at radius 3 is 2.75 bits per heavy atom. The van der Waals surface area contributed by atoms with Gasteiger partial charge in [-0.25, -0.2) is 9.97 Å². The van der Waals surface area contributed by atoms with Gasteiger partial charge in [0.25, 0.3) is 0 Å². The van der Waals surface area contributed by atoms with E-state index in [1.165, 1.54) is 6.33 Å². The summed E-state index contributed by atoms with van der Waals surface area (Å²) in [4.78, 5) is 18.9. The number of nitrogens with zero attached hydrogens (tertiary/aromatic N) is 3. The second-order valence-corrected chi connectivity index (χ2v) is 5.45. The third-order valence-electron chi connectivity index (χ3n) is 3.26. The van der Waals surface area contributed by atoms with Crippen LogP contribution in [0.15, 0.2) is 24.5 Å². The molecule has 2 aromatic rings. The Morgan fingerprint density at radius 2 is 2.08 bits per heavy atom. The summed E-state index contributed by atoms with van der Waals surface area (Å²) in [6.07, 6.45) is 1.97. The minimum Gasteiger partial charge on any atom is -0.385 e. The summed E-state index contributed by atoms with van der Waals surface area (Å²) in [5.41, 5.74) is 1.31. The zero-order chi connectivity index (χ0) is 17.5. The van der Waals surface area contributed by atoms with Gasteiger partial charge in [0.2, 0.25) is 11.6 Å². The molecule has 8 nitrogen and oxygen atoms in total. The van der Waals surface area contributed by atoms with Crippen LogP contribution in [0.2, 0.25) is 5.02 Å². The number of nitrogens with one attached hydrogen (secondary N) is 2. The van der Waals surface area contributed by atoms with Gasteiger partial charge in [-0.2, -0.15) is 0 Å². The molecule has 0 aliphatic heterocycles. The van der Waals surface area contributed by atoms with E-state index < -0.39 is 4.92 Å². The molecule has 128 valence electrons. The van der Waals surface area contributed by atoms with E-state index in [-0.39, 0.29) is 17.3 Å². The van der Waals surface area contributed by atoms with Crippen LogP contribution < -0.4 is 10.6 Å². The van der Waals surface area contributed by atoms with Gasteiger partial charge in [-0.05, 0) is 31.0 Å². The minimum atomic E-state index is -0.517. The Bertz CT molecular complexity index is 726. The van der Waals surface area contributed by atoms with Crippen molar-refractivity contribution in [2.45, 2.75) is 13.3 Å². The summed E-state index contributed by atoms with van der Waals surface area (Å²) in [6.45, 7) is 2.93. The van der Waals surface area contributed by atoms with Crippen molar-refractivity contribution >= 4 is 34.6 Å².